The summed E-state index contributed by atoms with van der Waals surface area (Å²) in [5.74, 6) is -0.144. The summed E-state index contributed by atoms with van der Waals surface area (Å²) in [6.07, 6.45) is 0. The predicted molar refractivity (Wildman–Crippen MR) is 56.5 cm³/mol. The van der Waals surface area contributed by atoms with Crippen LogP contribution in [0.2, 0.25) is 0 Å². The van der Waals surface area contributed by atoms with Crippen LogP contribution in [0.4, 0.5) is 4.39 Å². The Hall–Kier alpha value is -0.760. The second-order valence-corrected chi connectivity index (χ2v) is 4.51. The smallest absolute Gasteiger partial charge is 0.127 e. The summed E-state index contributed by atoms with van der Waals surface area (Å²) in [4.78, 5) is 1.93. The second kappa shape index (κ2) is 3.97. The summed E-state index contributed by atoms with van der Waals surface area (Å²) in [6, 6.07) is 3.44. The summed E-state index contributed by atoms with van der Waals surface area (Å²) < 4.78 is 13.2. The van der Waals surface area contributed by atoms with Gasteiger partial charge in [-0.1, -0.05) is 24.4 Å². The fourth-order valence-corrected chi connectivity index (χ4v) is 1.86. The third-order valence-corrected chi connectivity index (χ3v) is 2.75. The number of allylic oxidation sites excluding steroid dienone is 1. The van der Waals surface area contributed by atoms with Gasteiger partial charge in [0.2, 0.25) is 0 Å². The molecule has 70 valence electrons. The van der Waals surface area contributed by atoms with Crippen molar-refractivity contribution < 1.29 is 4.39 Å². The number of rotatable bonds is 2. The fourth-order valence-electron chi connectivity index (χ4n) is 1.11. The van der Waals surface area contributed by atoms with E-state index in [0.29, 0.717) is 5.56 Å². The van der Waals surface area contributed by atoms with Crippen LogP contribution >= 0.6 is 11.8 Å². The molecule has 0 radical (unpaired) electrons. The van der Waals surface area contributed by atoms with Crippen molar-refractivity contribution in [3.63, 3.8) is 0 Å². The highest BCUT2D eigenvalue weighted by molar-refractivity contribution is 8.03. The first kappa shape index (κ1) is 10.3. The molecule has 0 atom stereocenters. The van der Waals surface area contributed by atoms with Crippen molar-refractivity contribution in [3.8, 4) is 0 Å². The lowest BCUT2D eigenvalue weighted by atomic mass is 10.1. The summed E-state index contributed by atoms with van der Waals surface area (Å²) in [5, 5.41) is 0. The normalized spacial score (nSPS) is 10.2. The number of hydrogen-bond acceptors (Lipinski definition) is 1. The Kier molecular flexibility index (Phi) is 3.15. The molecular weight excluding hydrogens is 183 g/mol. The maximum Gasteiger partial charge on any atom is 0.127 e. The van der Waals surface area contributed by atoms with Crippen LogP contribution in [-0.4, -0.2) is 0 Å². The first-order valence-corrected chi connectivity index (χ1v) is 4.92. The molecular formula is C11H13FS. The van der Waals surface area contributed by atoms with Gasteiger partial charge >= 0.3 is 0 Å². The summed E-state index contributed by atoms with van der Waals surface area (Å²) in [7, 11) is 0. The Labute approximate surface area is 82.9 Å². The molecule has 13 heavy (non-hydrogen) atoms. The lowest BCUT2D eigenvalue weighted by Crippen LogP contribution is -1.87. The van der Waals surface area contributed by atoms with E-state index in [4.69, 9.17) is 0 Å². The summed E-state index contributed by atoms with van der Waals surface area (Å²) in [6.45, 7) is 9.46. The van der Waals surface area contributed by atoms with Gasteiger partial charge in [0.05, 0.1) is 0 Å². The number of hydrogen-bond donors (Lipinski definition) is 0. The van der Waals surface area contributed by atoms with Crippen LogP contribution in [0.25, 0.3) is 0 Å². The molecule has 0 heterocycles. The number of benzene rings is 1. The van der Waals surface area contributed by atoms with Crippen molar-refractivity contribution in [1.29, 1.82) is 0 Å². The van der Waals surface area contributed by atoms with Gasteiger partial charge in [0.15, 0.2) is 0 Å². The van der Waals surface area contributed by atoms with Gasteiger partial charge in [0, 0.05) is 4.90 Å². The van der Waals surface area contributed by atoms with E-state index in [1.54, 1.807) is 13.0 Å². The largest absolute Gasteiger partial charge is 0.207 e. The Balaban J connectivity index is 3.08. The third-order valence-electron chi connectivity index (χ3n) is 1.74. The Morgan fingerprint density at radius 2 is 1.92 bits per heavy atom. The van der Waals surface area contributed by atoms with Crippen molar-refractivity contribution in [1.82, 2.24) is 0 Å². The molecule has 0 aliphatic carbocycles. The van der Waals surface area contributed by atoms with Crippen LogP contribution in [0.5, 0.6) is 0 Å². The minimum atomic E-state index is -0.144. The van der Waals surface area contributed by atoms with Gasteiger partial charge in [0.1, 0.15) is 5.82 Å². The highest BCUT2D eigenvalue weighted by Gasteiger charge is 2.04. The third kappa shape index (κ3) is 2.59. The molecule has 1 aromatic carbocycles. The molecule has 0 aliphatic rings. The molecule has 0 unspecified atom stereocenters. The van der Waals surface area contributed by atoms with Gasteiger partial charge in [-0.2, -0.15) is 0 Å². The van der Waals surface area contributed by atoms with E-state index in [-0.39, 0.29) is 5.82 Å². The van der Waals surface area contributed by atoms with Gasteiger partial charge in [-0.05, 0) is 42.9 Å². The van der Waals surface area contributed by atoms with Crippen LogP contribution in [0.1, 0.15) is 18.1 Å². The van der Waals surface area contributed by atoms with Crippen LogP contribution in [0.3, 0.4) is 0 Å². The van der Waals surface area contributed by atoms with E-state index in [9.17, 15) is 4.39 Å². The van der Waals surface area contributed by atoms with Gasteiger partial charge in [0.25, 0.3) is 0 Å². The monoisotopic (exact) mass is 196 g/mol. The first-order valence-electron chi connectivity index (χ1n) is 4.11. The predicted octanol–water partition coefficient (Wildman–Crippen LogP) is 4.07. The Morgan fingerprint density at radius 3 is 2.46 bits per heavy atom. The highest BCUT2D eigenvalue weighted by atomic mass is 32.2. The van der Waals surface area contributed by atoms with E-state index < -0.39 is 0 Å². The Morgan fingerprint density at radius 1 is 1.31 bits per heavy atom. The first-order chi connectivity index (χ1) is 6.00. The SMILES string of the molecule is C=C(C)Sc1cc(F)c(C)cc1C. The van der Waals surface area contributed by atoms with E-state index >= 15 is 0 Å². The minimum absolute atomic E-state index is 0.144. The zero-order valence-corrected chi connectivity index (χ0v) is 8.96. The standard InChI is InChI=1S/C11H13FS/c1-7(2)13-11-6-10(12)8(3)5-9(11)4/h5-6H,1H2,2-4H3. The Bertz CT molecular complexity index is 342. The number of halogens is 1. The molecule has 0 fully saturated rings. The highest BCUT2D eigenvalue weighted by Crippen LogP contribution is 2.29. The molecule has 0 amide bonds. The molecule has 0 saturated heterocycles. The minimum Gasteiger partial charge on any atom is -0.207 e. The van der Waals surface area contributed by atoms with Crippen molar-refractivity contribution >= 4 is 11.8 Å². The average Bonchev–Trinajstić information content (AvgIpc) is 1.99. The second-order valence-electron chi connectivity index (χ2n) is 3.17. The quantitative estimate of drug-likeness (QED) is 0.642. The van der Waals surface area contributed by atoms with Gasteiger partial charge in [-0.3, -0.25) is 0 Å². The van der Waals surface area contributed by atoms with E-state index in [1.165, 1.54) is 11.8 Å². The van der Waals surface area contributed by atoms with Crippen molar-refractivity contribution in [2.24, 2.45) is 0 Å². The molecule has 1 aromatic rings. The molecule has 0 aliphatic heterocycles. The van der Waals surface area contributed by atoms with Crippen molar-refractivity contribution in [2.75, 3.05) is 0 Å². The molecule has 2 heteroatoms. The molecule has 0 bridgehead atoms. The molecule has 0 spiro atoms. The maximum absolute atomic E-state index is 13.2. The number of thioether (sulfide) groups is 1. The zero-order valence-electron chi connectivity index (χ0n) is 8.15. The van der Waals surface area contributed by atoms with Gasteiger partial charge in [-0.15, -0.1) is 0 Å². The molecule has 0 aromatic heterocycles. The zero-order chi connectivity index (χ0) is 10.0. The van der Waals surface area contributed by atoms with E-state index in [2.05, 4.69) is 6.58 Å². The summed E-state index contributed by atoms with van der Waals surface area (Å²) >= 11 is 1.51. The van der Waals surface area contributed by atoms with Crippen LogP contribution in [-0.2, 0) is 0 Å². The van der Waals surface area contributed by atoms with Crippen molar-refractivity contribution in [2.45, 2.75) is 25.7 Å². The lowest BCUT2D eigenvalue weighted by molar-refractivity contribution is 0.614. The van der Waals surface area contributed by atoms with Crippen molar-refractivity contribution in [3.05, 3.63) is 40.6 Å². The van der Waals surface area contributed by atoms with Crippen LogP contribution in [0, 0.1) is 19.7 Å². The van der Waals surface area contributed by atoms with Gasteiger partial charge in [-0.25, -0.2) is 4.39 Å². The molecule has 0 nitrogen and oxygen atoms in total. The molecule has 0 N–H and O–H groups in total. The van der Waals surface area contributed by atoms with E-state index in [1.807, 2.05) is 19.9 Å². The average molecular weight is 196 g/mol. The summed E-state index contributed by atoms with van der Waals surface area (Å²) in [5.41, 5.74) is 1.80. The van der Waals surface area contributed by atoms with Crippen LogP contribution in [0.15, 0.2) is 28.5 Å². The molecule has 0 saturated carbocycles. The molecule has 1 rings (SSSR count). The lowest BCUT2D eigenvalue weighted by Gasteiger charge is -2.06. The maximum atomic E-state index is 13.2. The number of aryl methyl sites for hydroxylation is 2. The topological polar surface area (TPSA) is 0 Å². The fraction of sp³-hybridized carbons (Fsp3) is 0.273. The van der Waals surface area contributed by atoms with E-state index in [0.717, 1.165) is 15.4 Å². The van der Waals surface area contributed by atoms with Gasteiger partial charge < -0.3 is 0 Å². The van der Waals surface area contributed by atoms with Crippen LogP contribution < -0.4 is 0 Å².